The summed E-state index contributed by atoms with van der Waals surface area (Å²) in [6.45, 7) is 5.76. The van der Waals surface area contributed by atoms with Crippen molar-refractivity contribution in [3.8, 4) is 11.4 Å². The summed E-state index contributed by atoms with van der Waals surface area (Å²) in [5.41, 5.74) is 5.42. The molecule has 0 spiro atoms. The third-order valence-corrected chi connectivity index (χ3v) is 4.78. The van der Waals surface area contributed by atoms with Crippen LogP contribution < -0.4 is 10.1 Å². The van der Waals surface area contributed by atoms with Crippen molar-refractivity contribution in [3.63, 3.8) is 0 Å². The molecule has 2 aromatic carbocycles. The van der Waals surface area contributed by atoms with Crippen LogP contribution in [-0.2, 0) is 0 Å². The lowest BCUT2D eigenvalue weighted by Crippen LogP contribution is -2.13. The number of amides is 1. The molecule has 0 atom stereocenters. The monoisotopic (exact) mass is 386 g/mol. The number of hydrogen-bond donors (Lipinski definition) is 1. The second-order valence-corrected chi connectivity index (χ2v) is 7.03. The number of pyridine rings is 1. The summed E-state index contributed by atoms with van der Waals surface area (Å²) in [6, 6.07) is 17.1. The lowest BCUT2D eigenvalue weighted by atomic mass is 10.1. The number of benzene rings is 2. The van der Waals surface area contributed by atoms with E-state index in [2.05, 4.69) is 15.4 Å². The fourth-order valence-corrected chi connectivity index (χ4v) is 3.42. The molecule has 0 fully saturated rings. The standard InChI is InChI=1S/C23H22N4O2/c1-14-6-5-7-17(12-14)25-23(28)20-13-15(2)24-22-21(20)16(3)26-27(22)18-8-10-19(29-4)11-9-18/h5-13H,1-4H3,(H,25,28). The number of aryl methyl sites for hydroxylation is 3. The fourth-order valence-electron chi connectivity index (χ4n) is 3.42. The van der Waals surface area contributed by atoms with Crippen molar-refractivity contribution in [2.24, 2.45) is 0 Å². The summed E-state index contributed by atoms with van der Waals surface area (Å²) in [5.74, 6) is 0.591. The van der Waals surface area contributed by atoms with Crippen LogP contribution in [-0.4, -0.2) is 27.8 Å². The molecule has 0 aliphatic heterocycles. The molecule has 1 N–H and O–H groups in total. The Labute approximate surface area is 169 Å². The minimum atomic E-state index is -0.177. The van der Waals surface area contributed by atoms with Gasteiger partial charge in [-0.15, -0.1) is 0 Å². The molecular formula is C23H22N4O2. The lowest BCUT2D eigenvalue weighted by molar-refractivity contribution is 0.102. The highest BCUT2D eigenvalue weighted by Gasteiger charge is 2.19. The van der Waals surface area contributed by atoms with E-state index < -0.39 is 0 Å². The zero-order valence-electron chi connectivity index (χ0n) is 16.9. The Hall–Kier alpha value is -3.67. The molecule has 6 nitrogen and oxygen atoms in total. The Morgan fingerprint density at radius 1 is 1.03 bits per heavy atom. The summed E-state index contributed by atoms with van der Waals surface area (Å²) < 4.78 is 7.00. The highest BCUT2D eigenvalue weighted by Crippen LogP contribution is 2.26. The number of ether oxygens (including phenoxy) is 1. The number of nitrogens with zero attached hydrogens (tertiary/aromatic N) is 3. The second kappa shape index (κ2) is 7.39. The molecule has 0 aliphatic rings. The first kappa shape index (κ1) is 18.7. The van der Waals surface area contributed by atoms with Gasteiger partial charge in [0, 0.05) is 11.4 Å². The number of aromatic nitrogens is 3. The highest BCUT2D eigenvalue weighted by molar-refractivity contribution is 6.12. The molecule has 0 bridgehead atoms. The van der Waals surface area contributed by atoms with Crippen molar-refractivity contribution >= 4 is 22.6 Å². The first-order valence-electron chi connectivity index (χ1n) is 9.35. The van der Waals surface area contributed by atoms with Gasteiger partial charge in [0.15, 0.2) is 5.65 Å². The first-order valence-corrected chi connectivity index (χ1v) is 9.35. The van der Waals surface area contributed by atoms with Gasteiger partial charge in [0.05, 0.1) is 29.4 Å². The molecule has 4 rings (SSSR count). The Kier molecular flexibility index (Phi) is 4.76. The Balaban J connectivity index is 1.81. The molecule has 0 saturated carbocycles. The summed E-state index contributed by atoms with van der Waals surface area (Å²) in [6.07, 6.45) is 0. The molecule has 0 saturated heterocycles. The van der Waals surface area contributed by atoms with E-state index in [1.807, 2.05) is 69.3 Å². The normalized spacial score (nSPS) is 10.9. The minimum Gasteiger partial charge on any atom is -0.497 e. The van der Waals surface area contributed by atoms with Gasteiger partial charge >= 0.3 is 0 Å². The summed E-state index contributed by atoms with van der Waals surface area (Å²) in [7, 11) is 1.63. The maximum Gasteiger partial charge on any atom is 0.256 e. The quantitative estimate of drug-likeness (QED) is 0.556. The van der Waals surface area contributed by atoms with Crippen molar-refractivity contribution in [3.05, 3.63) is 77.1 Å². The van der Waals surface area contributed by atoms with Gasteiger partial charge in [-0.05, 0) is 68.8 Å². The third-order valence-electron chi connectivity index (χ3n) is 4.78. The van der Waals surface area contributed by atoms with Crippen molar-refractivity contribution in [1.82, 2.24) is 14.8 Å². The largest absolute Gasteiger partial charge is 0.497 e. The molecule has 2 heterocycles. The molecule has 1 amide bonds. The van der Waals surface area contributed by atoms with E-state index in [1.54, 1.807) is 17.9 Å². The van der Waals surface area contributed by atoms with Crippen LogP contribution in [0.25, 0.3) is 16.7 Å². The smallest absolute Gasteiger partial charge is 0.256 e. The molecule has 4 aromatic rings. The predicted octanol–water partition coefficient (Wildman–Crippen LogP) is 4.61. The van der Waals surface area contributed by atoms with E-state index in [0.29, 0.717) is 11.2 Å². The molecule has 0 unspecified atom stereocenters. The summed E-state index contributed by atoms with van der Waals surface area (Å²) in [5, 5.41) is 8.39. The van der Waals surface area contributed by atoms with Crippen molar-refractivity contribution < 1.29 is 9.53 Å². The molecule has 29 heavy (non-hydrogen) atoms. The van der Waals surface area contributed by atoms with E-state index in [-0.39, 0.29) is 5.91 Å². The molecule has 146 valence electrons. The van der Waals surface area contributed by atoms with Crippen LogP contribution in [0.4, 0.5) is 5.69 Å². The van der Waals surface area contributed by atoms with Gasteiger partial charge in [-0.25, -0.2) is 9.67 Å². The van der Waals surface area contributed by atoms with E-state index >= 15 is 0 Å². The molecule has 2 aromatic heterocycles. The number of fused-ring (bicyclic) bond motifs is 1. The number of carbonyl (C=O) groups is 1. The van der Waals surface area contributed by atoms with E-state index in [9.17, 15) is 4.79 Å². The third kappa shape index (κ3) is 3.57. The second-order valence-electron chi connectivity index (χ2n) is 7.03. The van der Waals surface area contributed by atoms with Crippen LogP contribution in [0.1, 0.15) is 27.3 Å². The average Bonchev–Trinajstić information content (AvgIpc) is 3.03. The SMILES string of the molecule is COc1ccc(-n2nc(C)c3c(C(=O)Nc4cccc(C)c4)cc(C)nc32)cc1. The van der Waals surface area contributed by atoms with Gasteiger partial charge in [0.2, 0.25) is 0 Å². The molecule has 0 radical (unpaired) electrons. The van der Waals surface area contributed by atoms with Gasteiger partial charge in [-0.2, -0.15) is 5.10 Å². The predicted molar refractivity (Wildman–Crippen MR) is 114 cm³/mol. The number of rotatable bonds is 4. The number of anilines is 1. The Morgan fingerprint density at radius 3 is 2.48 bits per heavy atom. The Morgan fingerprint density at radius 2 is 1.79 bits per heavy atom. The number of nitrogens with one attached hydrogen (secondary N) is 1. The molecule has 0 aliphatic carbocycles. The zero-order chi connectivity index (χ0) is 20.5. The van der Waals surface area contributed by atoms with Crippen LogP contribution in [0.5, 0.6) is 5.75 Å². The van der Waals surface area contributed by atoms with Crippen LogP contribution in [0.3, 0.4) is 0 Å². The van der Waals surface area contributed by atoms with Gasteiger partial charge in [-0.3, -0.25) is 4.79 Å². The maximum atomic E-state index is 13.1. The molecular weight excluding hydrogens is 364 g/mol. The van der Waals surface area contributed by atoms with Crippen molar-refractivity contribution in [2.75, 3.05) is 12.4 Å². The Bertz CT molecular complexity index is 1210. The highest BCUT2D eigenvalue weighted by atomic mass is 16.5. The topological polar surface area (TPSA) is 69.0 Å². The van der Waals surface area contributed by atoms with E-state index in [0.717, 1.165) is 39.5 Å². The zero-order valence-corrected chi connectivity index (χ0v) is 16.9. The number of hydrogen-bond acceptors (Lipinski definition) is 4. The van der Waals surface area contributed by atoms with E-state index in [4.69, 9.17) is 4.74 Å². The number of carbonyl (C=O) groups excluding carboxylic acids is 1. The number of methoxy groups -OCH3 is 1. The van der Waals surface area contributed by atoms with Crippen molar-refractivity contribution in [1.29, 1.82) is 0 Å². The molecule has 6 heteroatoms. The minimum absolute atomic E-state index is 0.177. The first-order chi connectivity index (χ1) is 14.0. The fraction of sp³-hybridized carbons (Fsp3) is 0.174. The van der Waals surface area contributed by atoms with Crippen LogP contribution in [0, 0.1) is 20.8 Å². The maximum absolute atomic E-state index is 13.1. The lowest BCUT2D eigenvalue weighted by Gasteiger charge is -2.09. The van der Waals surface area contributed by atoms with Crippen LogP contribution in [0.15, 0.2) is 54.6 Å². The van der Waals surface area contributed by atoms with Crippen LogP contribution in [0.2, 0.25) is 0 Å². The van der Waals surface area contributed by atoms with E-state index in [1.165, 1.54) is 0 Å². The summed E-state index contributed by atoms with van der Waals surface area (Å²) in [4.78, 5) is 17.7. The average molecular weight is 386 g/mol. The van der Waals surface area contributed by atoms with Gasteiger partial charge < -0.3 is 10.1 Å². The van der Waals surface area contributed by atoms with Gasteiger partial charge in [-0.1, -0.05) is 12.1 Å². The van der Waals surface area contributed by atoms with Gasteiger partial charge in [0.25, 0.3) is 5.91 Å². The van der Waals surface area contributed by atoms with Gasteiger partial charge in [0.1, 0.15) is 5.75 Å². The summed E-state index contributed by atoms with van der Waals surface area (Å²) >= 11 is 0. The van der Waals surface area contributed by atoms with Crippen LogP contribution >= 0.6 is 0 Å². The van der Waals surface area contributed by atoms with Crippen molar-refractivity contribution in [2.45, 2.75) is 20.8 Å².